The van der Waals surface area contributed by atoms with Crippen molar-refractivity contribution in [2.45, 2.75) is 11.4 Å². The van der Waals surface area contributed by atoms with Crippen molar-refractivity contribution >= 4 is 17.6 Å². The number of thioether (sulfide) groups is 1. The second-order valence-electron chi connectivity index (χ2n) is 2.88. The van der Waals surface area contributed by atoms with E-state index < -0.39 is 0 Å². The van der Waals surface area contributed by atoms with Crippen LogP contribution in [-0.2, 0) is 6.42 Å². The summed E-state index contributed by atoms with van der Waals surface area (Å²) in [5.74, 6) is 0.635. The fourth-order valence-electron chi connectivity index (χ4n) is 1.14. The molecule has 84 valence electrons. The molecule has 0 bridgehead atoms. The normalized spacial score (nSPS) is 10.3. The average Bonchev–Trinajstić information content (AvgIpc) is 2.27. The predicted molar refractivity (Wildman–Crippen MR) is 60.2 cm³/mol. The van der Waals surface area contributed by atoms with E-state index in [1.54, 1.807) is 0 Å². The molecule has 0 amide bonds. The van der Waals surface area contributed by atoms with E-state index in [0.29, 0.717) is 18.8 Å². The maximum atomic E-state index is 8.90. The van der Waals surface area contributed by atoms with Gasteiger partial charge >= 0.3 is 0 Å². The first-order valence-corrected chi connectivity index (χ1v) is 5.90. The molecule has 1 heterocycles. The first kappa shape index (κ1) is 12.2. The van der Waals surface area contributed by atoms with Crippen LogP contribution in [0.4, 0.5) is 5.82 Å². The standard InChI is InChI=1S/C9H15N3O2S/c1-15-8-6-7(2-4-13)9(12-11-8)10-3-5-14/h6,13-14H,2-5H2,1H3,(H,10,12). The molecule has 0 aliphatic carbocycles. The summed E-state index contributed by atoms with van der Waals surface area (Å²) in [6, 6.07) is 1.90. The van der Waals surface area contributed by atoms with Gasteiger partial charge in [0, 0.05) is 18.7 Å². The minimum absolute atomic E-state index is 0.0462. The van der Waals surface area contributed by atoms with Gasteiger partial charge in [-0.2, -0.15) is 0 Å². The molecule has 0 radical (unpaired) electrons. The highest BCUT2D eigenvalue weighted by Crippen LogP contribution is 2.18. The molecule has 0 aliphatic heterocycles. The van der Waals surface area contributed by atoms with Gasteiger partial charge in [-0.05, 0) is 18.7 Å². The molecule has 0 atom stereocenters. The maximum Gasteiger partial charge on any atom is 0.152 e. The number of hydrogen-bond acceptors (Lipinski definition) is 6. The number of rotatable bonds is 6. The van der Waals surface area contributed by atoms with E-state index in [0.717, 1.165) is 10.6 Å². The van der Waals surface area contributed by atoms with E-state index in [9.17, 15) is 0 Å². The summed E-state index contributed by atoms with van der Waals surface area (Å²) in [6.45, 7) is 0.559. The Hall–Kier alpha value is -0.850. The van der Waals surface area contributed by atoms with Gasteiger partial charge in [-0.3, -0.25) is 0 Å². The minimum Gasteiger partial charge on any atom is -0.396 e. The zero-order valence-corrected chi connectivity index (χ0v) is 9.42. The van der Waals surface area contributed by atoms with Crippen molar-refractivity contribution in [1.82, 2.24) is 10.2 Å². The summed E-state index contributed by atoms with van der Waals surface area (Å²) < 4.78 is 0. The van der Waals surface area contributed by atoms with Crippen molar-refractivity contribution < 1.29 is 10.2 Å². The van der Waals surface area contributed by atoms with Gasteiger partial charge < -0.3 is 15.5 Å². The third-order valence-electron chi connectivity index (χ3n) is 1.84. The van der Waals surface area contributed by atoms with Gasteiger partial charge in [-0.15, -0.1) is 22.0 Å². The van der Waals surface area contributed by atoms with Crippen LogP contribution in [-0.4, -0.2) is 46.4 Å². The predicted octanol–water partition coefficient (Wildman–Crippen LogP) is 0.137. The van der Waals surface area contributed by atoms with Crippen LogP contribution >= 0.6 is 11.8 Å². The molecular formula is C9H15N3O2S. The van der Waals surface area contributed by atoms with E-state index in [2.05, 4.69) is 15.5 Å². The van der Waals surface area contributed by atoms with Crippen LogP contribution in [0, 0.1) is 0 Å². The Balaban J connectivity index is 2.82. The Labute approximate surface area is 92.9 Å². The van der Waals surface area contributed by atoms with E-state index in [1.807, 2.05) is 12.3 Å². The Morgan fingerprint density at radius 1 is 1.33 bits per heavy atom. The van der Waals surface area contributed by atoms with Crippen molar-refractivity contribution in [1.29, 1.82) is 0 Å². The van der Waals surface area contributed by atoms with Crippen LogP contribution in [0.15, 0.2) is 11.1 Å². The second-order valence-corrected chi connectivity index (χ2v) is 3.71. The minimum atomic E-state index is 0.0462. The van der Waals surface area contributed by atoms with Gasteiger partial charge in [0.1, 0.15) is 5.03 Å². The van der Waals surface area contributed by atoms with Crippen LogP contribution in [0.5, 0.6) is 0 Å². The number of nitrogens with one attached hydrogen (secondary N) is 1. The van der Waals surface area contributed by atoms with E-state index in [4.69, 9.17) is 10.2 Å². The lowest BCUT2D eigenvalue weighted by atomic mass is 10.2. The van der Waals surface area contributed by atoms with Gasteiger partial charge in [0.25, 0.3) is 0 Å². The monoisotopic (exact) mass is 229 g/mol. The largest absolute Gasteiger partial charge is 0.396 e. The van der Waals surface area contributed by atoms with Gasteiger partial charge in [0.15, 0.2) is 5.82 Å². The molecule has 0 saturated carbocycles. The molecule has 0 fully saturated rings. The Morgan fingerprint density at radius 3 is 2.73 bits per heavy atom. The quantitative estimate of drug-likeness (QED) is 0.602. The fraction of sp³-hybridized carbons (Fsp3) is 0.556. The van der Waals surface area contributed by atoms with Crippen molar-refractivity contribution in [2.24, 2.45) is 0 Å². The maximum absolute atomic E-state index is 8.90. The summed E-state index contributed by atoms with van der Waals surface area (Å²) in [4.78, 5) is 0. The molecule has 0 unspecified atom stereocenters. The molecule has 0 spiro atoms. The summed E-state index contributed by atoms with van der Waals surface area (Å²) in [7, 11) is 0. The topological polar surface area (TPSA) is 78.3 Å². The molecule has 0 aromatic carbocycles. The van der Waals surface area contributed by atoms with Crippen molar-refractivity contribution in [3.05, 3.63) is 11.6 Å². The van der Waals surface area contributed by atoms with Crippen LogP contribution in [0.2, 0.25) is 0 Å². The summed E-state index contributed by atoms with van der Waals surface area (Å²) in [5.41, 5.74) is 0.922. The molecule has 1 aromatic heterocycles. The van der Waals surface area contributed by atoms with Gasteiger partial charge in [-0.1, -0.05) is 0 Å². The van der Waals surface area contributed by atoms with Crippen molar-refractivity contribution in [2.75, 3.05) is 31.3 Å². The molecule has 5 nitrogen and oxygen atoms in total. The van der Waals surface area contributed by atoms with E-state index >= 15 is 0 Å². The number of hydrogen-bond donors (Lipinski definition) is 3. The van der Waals surface area contributed by atoms with Gasteiger partial charge in [0.05, 0.1) is 6.61 Å². The third-order valence-corrected chi connectivity index (χ3v) is 2.46. The molecule has 3 N–H and O–H groups in total. The molecular weight excluding hydrogens is 214 g/mol. The number of aromatic nitrogens is 2. The lowest BCUT2D eigenvalue weighted by Crippen LogP contribution is -2.11. The Morgan fingerprint density at radius 2 is 2.13 bits per heavy atom. The average molecular weight is 229 g/mol. The zero-order chi connectivity index (χ0) is 11.1. The van der Waals surface area contributed by atoms with Crippen molar-refractivity contribution in [3.8, 4) is 0 Å². The summed E-state index contributed by atoms with van der Waals surface area (Å²) in [5, 5.41) is 29.3. The molecule has 15 heavy (non-hydrogen) atoms. The number of nitrogens with zero attached hydrogens (tertiary/aromatic N) is 2. The van der Waals surface area contributed by atoms with Crippen molar-refractivity contribution in [3.63, 3.8) is 0 Å². The molecule has 1 aromatic rings. The highest BCUT2D eigenvalue weighted by molar-refractivity contribution is 7.98. The lowest BCUT2D eigenvalue weighted by Gasteiger charge is -2.09. The summed E-state index contributed by atoms with van der Waals surface area (Å²) >= 11 is 1.51. The van der Waals surface area contributed by atoms with E-state index in [-0.39, 0.29) is 13.2 Å². The van der Waals surface area contributed by atoms with Gasteiger partial charge in [0.2, 0.25) is 0 Å². The lowest BCUT2D eigenvalue weighted by molar-refractivity contribution is 0.299. The van der Waals surface area contributed by atoms with Gasteiger partial charge in [-0.25, -0.2) is 0 Å². The molecule has 6 heteroatoms. The van der Waals surface area contributed by atoms with Crippen LogP contribution < -0.4 is 5.32 Å². The van der Waals surface area contributed by atoms with Crippen LogP contribution in [0.3, 0.4) is 0 Å². The fourth-order valence-corrected chi connectivity index (χ4v) is 1.53. The number of aliphatic hydroxyl groups excluding tert-OH is 2. The number of aliphatic hydroxyl groups is 2. The highest BCUT2D eigenvalue weighted by Gasteiger charge is 2.05. The second kappa shape index (κ2) is 6.60. The zero-order valence-electron chi connectivity index (χ0n) is 8.60. The first-order chi connectivity index (χ1) is 7.31. The summed E-state index contributed by atoms with van der Waals surface area (Å²) in [6.07, 6.45) is 2.46. The molecule has 1 rings (SSSR count). The number of anilines is 1. The molecule has 0 aliphatic rings. The van der Waals surface area contributed by atoms with Crippen LogP contribution in [0.1, 0.15) is 5.56 Å². The first-order valence-electron chi connectivity index (χ1n) is 4.68. The third kappa shape index (κ3) is 3.65. The highest BCUT2D eigenvalue weighted by atomic mass is 32.2. The Bertz CT molecular complexity index is 309. The smallest absolute Gasteiger partial charge is 0.152 e. The Kier molecular flexibility index (Phi) is 5.38. The van der Waals surface area contributed by atoms with E-state index in [1.165, 1.54) is 11.8 Å². The SMILES string of the molecule is CSc1cc(CCO)c(NCCO)nn1. The van der Waals surface area contributed by atoms with Crippen LogP contribution in [0.25, 0.3) is 0 Å². The molecule has 0 saturated heterocycles.